The highest BCUT2D eigenvalue weighted by atomic mass is 19.4. The van der Waals surface area contributed by atoms with Crippen LogP contribution in [0, 0.1) is 6.92 Å². The van der Waals surface area contributed by atoms with Crippen molar-refractivity contribution in [2.45, 2.75) is 26.1 Å². The largest absolute Gasteiger partial charge is 0.480 e. The summed E-state index contributed by atoms with van der Waals surface area (Å²) in [4.78, 5) is 10.6. The zero-order valence-corrected chi connectivity index (χ0v) is 8.04. The molecule has 1 aromatic heterocycles. The molecule has 1 N–H and O–H groups in total. The summed E-state index contributed by atoms with van der Waals surface area (Å²) in [6, 6.07) is -0.291. The van der Waals surface area contributed by atoms with Gasteiger partial charge in [0.25, 0.3) is 0 Å². The molecule has 0 aliphatic carbocycles. The molecular weight excluding hydrogens is 213 g/mol. The normalized spacial score (nSPS) is 13.9. The lowest BCUT2D eigenvalue weighted by Gasteiger charge is -2.08. The van der Waals surface area contributed by atoms with Gasteiger partial charge >= 0.3 is 12.1 Å². The van der Waals surface area contributed by atoms with Gasteiger partial charge in [0.05, 0.1) is 0 Å². The Labute approximate surface area is 83.3 Å². The van der Waals surface area contributed by atoms with Crippen LogP contribution in [0.25, 0.3) is 0 Å². The van der Waals surface area contributed by atoms with Crippen LogP contribution in [-0.4, -0.2) is 20.9 Å². The molecule has 0 aliphatic heterocycles. The standard InChI is InChI=1S/C8H9F3N2O2/c1-4-3-6(8(9,10)11)12-13(4)5(2)7(14)15/h3,5H,1-2H3,(H,14,15). The van der Waals surface area contributed by atoms with Crippen molar-refractivity contribution in [2.24, 2.45) is 0 Å². The summed E-state index contributed by atoms with van der Waals surface area (Å²) >= 11 is 0. The van der Waals surface area contributed by atoms with E-state index in [-0.39, 0.29) is 5.69 Å². The van der Waals surface area contributed by atoms with E-state index in [1.54, 1.807) is 0 Å². The lowest BCUT2D eigenvalue weighted by Crippen LogP contribution is -2.18. The van der Waals surface area contributed by atoms with E-state index in [1.165, 1.54) is 13.8 Å². The maximum absolute atomic E-state index is 12.2. The smallest absolute Gasteiger partial charge is 0.435 e. The Hall–Kier alpha value is -1.53. The minimum absolute atomic E-state index is 0.164. The van der Waals surface area contributed by atoms with Gasteiger partial charge in [0.15, 0.2) is 5.69 Å². The Kier molecular flexibility index (Phi) is 2.74. The Bertz CT molecular complexity index is 384. The van der Waals surface area contributed by atoms with Crippen molar-refractivity contribution >= 4 is 5.97 Å². The van der Waals surface area contributed by atoms with Crippen LogP contribution < -0.4 is 0 Å². The SMILES string of the molecule is Cc1cc(C(F)(F)F)nn1C(C)C(=O)O. The summed E-state index contributed by atoms with van der Waals surface area (Å²) in [5, 5.41) is 11.8. The van der Waals surface area contributed by atoms with Crippen LogP contribution >= 0.6 is 0 Å². The second kappa shape index (κ2) is 3.56. The van der Waals surface area contributed by atoms with Crippen molar-refractivity contribution in [2.75, 3.05) is 0 Å². The molecule has 0 spiro atoms. The van der Waals surface area contributed by atoms with Crippen molar-refractivity contribution in [3.63, 3.8) is 0 Å². The van der Waals surface area contributed by atoms with Crippen LogP contribution in [0.3, 0.4) is 0 Å². The molecule has 0 amide bonds. The highest BCUT2D eigenvalue weighted by molar-refractivity contribution is 5.71. The number of hydrogen-bond acceptors (Lipinski definition) is 2. The maximum Gasteiger partial charge on any atom is 0.435 e. The van der Waals surface area contributed by atoms with E-state index in [9.17, 15) is 18.0 Å². The third-order valence-corrected chi connectivity index (χ3v) is 1.94. The molecule has 84 valence electrons. The minimum atomic E-state index is -4.55. The fourth-order valence-electron chi connectivity index (χ4n) is 1.12. The number of hydrogen-bond donors (Lipinski definition) is 1. The molecule has 1 unspecified atom stereocenters. The zero-order valence-electron chi connectivity index (χ0n) is 8.04. The van der Waals surface area contributed by atoms with E-state index >= 15 is 0 Å². The van der Waals surface area contributed by atoms with Gasteiger partial charge in [0.2, 0.25) is 0 Å². The summed E-state index contributed by atoms with van der Waals surface area (Å²) in [5.41, 5.74) is -0.912. The number of rotatable bonds is 2. The lowest BCUT2D eigenvalue weighted by atomic mass is 10.3. The third-order valence-electron chi connectivity index (χ3n) is 1.94. The van der Waals surface area contributed by atoms with Gasteiger partial charge in [0.1, 0.15) is 6.04 Å². The first-order valence-electron chi connectivity index (χ1n) is 4.09. The number of carboxylic acid groups (broad SMARTS) is 1. The number of nitrogens with zero attached hydrogens (tertiary/aromatic N) is 2. The molecule has 0 saturated heterocycles. The number of halogens is 3. The number of carbonyl (C=O) groups is 1. The summed E-state index contributed by atoms with van der Waals surface area (Å²) in [7, 11) is 0. The molecule has 1 aromatic rings. The average molecular weight is 222 g/mol. The van der Waals surface area contributed by atoms with Crippen molar-refractivity contribution in [1.82, 2.24) is 9.78 Å². The van der Waals surface area contributed by atoms with Crippen molar-refractivity contribution in [3.05, 3.63) is 17.5 Å². The van der Waals surface area contributed by atoms with E-state index in [0.717, 1.165) is 10.7 Å². The zero-order chi connectivity index (χ0) is 11.8. The Morgan fingerprint density at radius 3 is 2.47 bits per heavy atom. The van der Waals surface area contributed by atoms with Gasteiger partial charge in [-0.2, -0.15) is 18.3 Å². The van der Waals surface area contributed by atoms with Crippen LogP contribution in [0.2, 0.25) is 0 Å². The Balaban J connectivity index is 3.12. The van der Waals surface area contributed by atoms with Crippen LogP contribution in [0.15, 0.2) is 6.07 Å². The van der Waals surface area contributed by atoms with Crippen LogP contribution in [-0.2, 0) is 11.0 Å². The number of alkyl halides is 3. The number of carboxylic acids is 1. The van der Waals surface area contributed by atoms with E-state index in [2.05, 4.69) is 5.10 Å². The Morgan fingerprint density at radius 1 is 1.60 bits per heavy atom. The monoisotopic (exact) mass is 222 g/mol. The van der Waals surface area contributed by atoms with Crippen molar-refractivity contribution in [1.29, 1.82) is 0 Å². The first-order chi connectivity index (χ1) is 6.73. The molecule has 1 heterocycles. The third kappa shape index (κ3) is 2.28. The Morgan fingerprint density at radius 2 is 2.13 bits per heavy atom. The summed E-state index contributed by atoms with van der Waals surface area (Å²) in [6.07, 6.45) is -4.55. The molecule has 0 aliphatic rings. The predicted molar refractivity (Wildman–Crippen MR) is 44.3 cm³/mol. The van der Waals surface area contributed by atoms with Crippen molar-refractivity contribution < 1.29 is 23.1 Å². The maximum atomic E-state index is 12.2. The molecule has 0 bridgehead atoms. The molecule has 0 aromatic carbocycles. The number of aromatic nitrogens is 2. The molecule has 1 atom stereocenters. The predicted octanol–water partition coefficient (Wildman–Crippen LogP) is 1.86. The molecule has 1 rings (SSSR count). The fourth-order valence-corrected chi connectivity index (χ4v) is 1.12. The average Bonchev–Trinajstić information content (AvgIpc) is 2.45. The quantitative estimate of drug-likeness (QED) is 0.830. The van der Waals surface area contributed by atoms with Gasteiger partial charge in [-0.25, -0.2) is 4.79 Å². The summed E-state index contributed by atoms with van der Waals surface area (Å²) < 4.78 is 37.5. The van der Waals surface area contributed by atoms with E-state index in [4.69, 9.17) is 5.11 Å². The molecule has 0 fully saturated rings. The van der Waals surface area contributed by atoms with Gasteiger partial charge < -0.3 is 5.11 Å². The van der Waals surface area contributed by atoms with Gasteiger partial charge in [-0.1, -0.05) is 0 Å². The molecule has 0 saturated carbocycles. The molecule has 0 radical (unpaired) electrons. The van der Waals surface area contributed by atoms with Crippen molar-refractivity contribution in [3.8, 4) is 0 Å². The summed E-state index contributed by atoms with van der Waals surface area (Å²) in [6.45, 7) is 2.64. The van der Waals surface area contributed by atoms with E-state index < -0.39 is 23.9 Å². The van der Waals surface area contributed by atoms with Gasteiger partial charge in [0, 0.05) is 5.69 Å². The molecule has 15 heavy (non-hydrogen) atoms. The van der Waals surface area contributed by atoms with Crippen LogP contribution in [0.5, 0.6) is 0 Å². The first kappa shape index (κ1) is 11.5. The van der Waals surface area contributed by atoms with Crippen LogP contribution in [0.1, 0.15) is 24.4 Å². The van der Waals surface area contributed by atoms with Gasteiger partial charge in [-0.3, -0.25) is 4.68 Å². The minimum Gasteiger partial charge on any atom is -0.480 e. The van der Waals surface area contributed by atoms with Crippen LogP contribution in [0.4, 0.5) is 13.2 Å². The molecule has 4 nitrogen and oxygen atoms in total. The number of aliphatic carboxylic acids is 1. The fraction of sp³-hybridized carbons (Fsp3) is 0.500. The first-order valence-corrected chi connectivity index (χ1v) is 4.09. The molecule has 7 heteroatoms. The lowest BCUT2D eigenvalue weighted by molar-refractivity contribution is -0.144. The second-order valence-electron chi connectivity index (χ2n) is 3.13. The molecular formula is C8H9F3N2O2. The topological polar surface area (TPSA) is 55.1 Å². The van der Waals surface area contributed by atoms with E-state index in [0.29, 0.717) is 0 Å². The van der Waals surface area contributed by atoms with Gasteiger partial charge in [-0.15, -0.1) is 0 Å². The second-order valence-corrected chi connectivity index (χ2v) is 3.13. The highest BCUT2D eigenvalue weighted by Crippen LogP contribution is 2.29. The summed E-state index contributed by atoms with van der Waals surface area (Å²) in [5.74, 6) is -1.23. The van der Waals surface area contributed by atoms with Gasteiger partial charge in [-0.05, 0) is 19.9 Å². The van der Waals surface area contributed by atoms with E-state index in [1.807, 2.05) is 0 Å². The number of aryl methyl sites for hydroxylation is 1. The highest BCUT2D eigenvalue weighted by Gasteiger charge is 2.35.